The zero-order valence-electron chi connectivity index (χ0n) is 31.7. The average Bonchev–Trinajstić information content (AvgIpc) is 3.89. The Morgan fingerprint density at radius 2 is 1.02 bits per heavy atom. The fraction of sp³-hybridized carbons (Fsp3) is 0.308. The summed E-state index contributed by atoms with van der Waals surface area (Å²) in [5.74, 6) is 1.35. The average molecular weight is 735 g/mol. The summed E-state index contributed by atoms with van der Waals surface area (Å²) in [6, 6.07) is 47.4. The highest BCUT2D eigenvalue weighted by Gasteiger charge is 2.61. The van der Waals surface area contributed by atoms with Crippen LogP contribution in [-0.4, -0.2) is 13.7 Å². The van der Waals surface area contributed by atoms with Gasteiger partial charge in [0.05, 0.1) is 21.0 Å². The number of fused-ring (bicyclic) bond motifs is 20. The molecular weight excluding hydrogens is 689 g/mol. The highest BCUT2D eigenvalue weighted by Crippen LogP contribution is 2.69. The molecule has 272 valence electrons. The van der Waals surface area contributed by atoms with Crippen LogP contribution in [0.2, 0.25) is 0 Å². The molecule has 6 aromatic rings. The molecule has 6 unspecified atom stereocenters. The molecule has 0 aromatic heterocycles. The van der Waals surface area contributed by atoms with E-state index in [4.69, 9.17) is 0 Å². The molecule has 2 nitrogen and oxygen atoms in total. The number of sulfone groups is 1. The molecule has 6 aliphatic carbocycles. The summed E-state index contributed by atoms with van der Waals surface area (Å²) < 4.78 is 30.9. The summed E-state index contributed by atoms with van der Waals surface area (Å²) in [7, 11) is -3.66. The molecule has 0 amide bonds. The SMILES string of the molecule is Cc1ccc2c(c1)C1(c3ccccc3-2)c2cc(S(=O)(=O)[C@@H]3CCC4c5ccccc5C5(c6ccccc6-c6ccc(C)cc65)C4C3)ccc2C2CCCCC21. The molecule has 2 saturated carbocycles. The topological polar surface area (TPSA) is 34.1 Å². The Kier molecular flexibility index (Phi) is 6.62. The number of aryl methyl sites for hydroxylation is 2. The van der Waals surface area contributed by atoms with Gasteiger partial charge >= 0.3 is 0 Å². The lowest BCUT2D eigenvalue weighted by molar-refractivity contribution is 0.265. The van der Waals surface area contributed by atoms with Crippen molar-refractivity contribution in [1.82, 2.24) is 0 Å². The van der Waals surface area contributed by atoms with Crippen LogP contribution in [0.5, 0.6) is 0 Å². The second-order valence-electron chi connectivity index (χ2n) is 17.8. The molecule has 6 aromatic carbocycles. The Labute approximate surface area is 325 Å². The van der Waals surface area contributed by atoms with Gasteiger partial charge in [0.2, 0.25) is 0 Å². The fourth-order valence-electron chi connectivity index (χ4n) is 13.7. The van der Waals surface area contributed by atoms with Crippen LogP contribution in [-0.2, 0) is 20.7 Å². The lowest BCUT2D eigenvalue weighted by Gasteiger charge is -2.42. The maximum absolute atomic E-state index is 15.5. The molecule has 0 aliphatic heterocycles. The van der Waals surface area contributed by atoms with E-state index in [1.165, 1.54) is 104 Å². The molecule has 2 fully saturated rings. The molecule has 7 atom stereocenters. The molecule has 2 spiro atoms. The molecule has 0 N–H and O–H groups in total. The van der Waals surface area contributed by atoms with Crippen LogP contribution in [0.25, 0.3) is 22.3 Å². The van der Waals surface area contributed by atoms with E-state index in [1.54, 1.807) is 0 Å². The van der Waals surface area contributed by atoms with E-state index in [2.05, 4.69) is 135 Å². The third-order valence-corrected chi connectivity index (χ3v) is 17.8. The lowest BCUT2D eigenvalue weighted by Crippen LogP contribution is -2.40. The molecule has 0 saturated heterocycles. The van der Waals surface area contributed by atoms with Gasteiger partial charge < -0.3 is 0 Å². The first kappa shape index (κ1) is 32.5. The summed E-state index contributed by atoms with van der Waals surface area (Å²) in [6.45, 7) is 4.40. The summed E-state index contributed by atoms with van der Waals surface area (Å²) >= 11 is 0. The van der Waals surface area contributed by atoms with Gasteiger partial charge in [-0.3, -0.25) is 0 Å². The van der Waals surface area contributed by atoms with E-state index < -0.39 is 15.1 Å². The third kappa shape index (κ3) is 3.93. The van der Waals surface area contributed by atoms with E-state index >= 15 is 8.42 Å². The van der Waals surface area contributed by atoms with Gasteiger partial charge in [0.1, 0.15) is 0 Å². The van der Waals surface area contributed by atoms with Crippen LogP contribution in [0.3, 0.4) is 0 Å². The molecule has 0 heterocycles. The van der Waals surface area contributed by atoms with Crippen LogP contribution in [0.15, 0.2) is 132 Å². The van der Waals surface area contributed by atoms with Crippen molar-refractivity contribution in [3.05, 3.63) is 183 Å². The molecule has 0 radical (unpaired) electrons. The van der Waals surface area contributed by atoms with Crippen LogP contribution < -0.4 is 0 Å². The van der Waals surface area contributed by atoms with E-state index in [9.17, 15) is 0 Å². The normalized spacial score (nSPS) is 28.9. The standard InChI is InChI=1S/C52H46O2S/c1-31-19-23-39-35-11-3-7-15-43(35)51(47(39)27-31)45-17-9-5-13-37(45)41-25-21-33(29-49(41)51)55(53,54)34-22-26-42-38-14-6-10-18-46(38)52(50(42)30-34)44-16-8-4-12-36(44)40-24-20-32(2)28-48(40)52/h3-5,7-9,11-13,15-17,19-20,22-24,26-28,30,33,38,41,46,49H,6,10,14,18,21,25,29H2,1-2H3/t33-,38?,41?,46?,49?,51?,52?/m1/s1. The maximum atomic E-state index is 15.5. The molecule has 3 heteroatoms. The van der Waals surface area contributed by atoms with Crippen molar-refractivity contribution in [1.29, 1.82) is 0 Å². The third-order valence-electron chi connectivity index (χ3n) is 15.6. The van der Waals surface area contributed by atoms with E-state index in [-0.39, 0.29) is 16.7 Å². The summed E-state index contributed by atoms with van der Waals surface area (Å²) in [6.07, 6.45) is 7.03. The zero-order valence-corrected chi connectivity index (χ0v) is 32.5. The quantitative estimate of drug-likeness (QED) is 0.177. The van der Waals surface area contributed by atoms with Gasteiger partial charge in [0.25, 0.3) is 0 Å². The van der Waals surface area contributed by atoms with E-state index in [0.29, 0.717) is 35.5 Å². The van der Waals surface area contributed by atoms with Crippen molar-refractivity contribution in [2.75, 3.05) is 0 Å². The second-order valence-corrected chi connectivity index (χ2v) is 20.1. The Morgan fingerprint density at radius 3 is 1.71 bits per heavy atom. The summed E-state index contributed by atoms with van der Waals surface area (Å²) in [4.78, 5) is 0.527. The molecule has 6 aliphatic rings. The van der Waals surface area contributed by atoms with Crippen molar-refractivity contribution in [2.45, 2.75) is 91.6 Å². The Hall–Kier alpha value is -4.73. The van der Waals surface area contributed by atoms with Gasteiger partial charge in [0.15, 0.2) is 9.84 Å². The molecule has 0 bridgehead atoms. The smallest absolute Gasteiger partial charge is 0.181 e. The first-order valence-electron chi connectivity index (χ1n) is 20.7. The first-order valence-corrected chi connectivity index (χ1v) is 22.3. The van der Waals surface area contributed by atoms with Crippen LogP contribution in [0.4, 0.5) is 0 Å². The number of rotatable bonds is 2. The van der Waals surface area contributed by atoms with Gasteiger partial charge in [-0.25, -0.2) is 8.42 Å². The Morgan fingerprint density at radius 1 is 0.473 bits per heavy atom. The van der Waals surface area contributed by atoms with Gasteiger partial charge in [-0.15, -0.1) is 0 Å². The van der Waals surface area contributed by atoms with Gasteiger partial charge in [-0.1, -0.05) is 139 Å². The number of hydrogen-bond acceptors (Lipinski definition) is 2. The van der Waals surface area contributed by atoms with Crippen molar-refractivity contribution < 1.29 is 8.42 Å². The van der Waals surface area contributed by atoms with Gasteiger partial charge in [-0.2, -0.15) is 0 Å². The van der Waals surface area contributed by atoms with Crippen LogP contribution in [0.1, 0.15) is 112 Å². The highest BCUT2D eigenvalue weighted by atomic mass is 32.2. The zero-order chi connectivity index (χ0) is 36.8. The number of hydrogen-bond donors (Lipinski definition) is 0. The lowest BCUT2D eigenvalue weighted by atomic mass is 9.62. The Bertz CT molecular complexity index is 2740. The minimum Gasteiger partial charge on any atom is -0.223 e. The van der Waals surface area contributed by atoms with Crippen molar-refractivity contribution >= 4 is 9.84 Å². The summed E-state index contributed by atoms with van der Waals surface area (Å²) in [5, 5.41) is -0.441. The Balaban J connectivity index is 1.02. The van der Waals surface area contributed by atoms with Gasteiger partial charge in [0, 0.05) is 0 Å². The first-order chi connectivity index (χ1) is 26.8. The number of benzene rings is 6. The monoisotopic (exact) mass is 734 g/mol. The predicted octanol–water partition coefficient (Wildman–Crippen LogP) is 12.0. The largest absolute Gasteiger partial charge is 0.223 e. The van der Waals surface area contributed by atoms with E-state index in [0.717, 1.165) is 6.42 Å². The van der Waals surface area contributed by atoms with E-state index in [1.807, 2.05) is 6.07 Å². The molecular formula is C52H46O2S. The molecule has 12 rings (SSSR count). The van der Waals surface area contributed by atoms with Crippen molar-refractivity contribution in [3.63, 3.8) is 0 Å². The maximum Gasteiger partial charge on any atom is 0.181 e. The highest BCUT2D eigenvalue weighted by molar-refractivity contribution is 7.92. The van der Waals surface area contributed by atoms with Gasteiger partial charge in [-0.05, 0) is 149 Å². The second kappa shape index (κ2) is 11.2. The molecule has 55 heavy (non-hydrogen) atoms. The van der Waals surface area contributed by atoms with Crippen molar-refractivity contribution in [2.24, 2.45) is 11.8 Å². The predicted molar refractivity (Wildman–Crippen MR) is 222 cm³/mol. The summed E-state index contributed by atoms with van der Waals surface area (Å²) in [5.41, 5.74) is 18.0. The minimum absolute atomic E-state index is 0.155. The minimum atomic E-state index is -3.66. The fourth-order valence-corrected chi connectivity index (χ4v) is 15.5. The van der Waals surface area contributed by atoms with Crippen molar-refractivity contribution in [3.8, 4) is 22.3 Å². The van der Waals surface area contributed by atoms with Crippen LogP contribution in [0, 0.1) is 25.7 Å². The van der Waals surface area contributed by atoms with Crippen LogP contribution >= 0.6 is 0 Å².